The van der Waals surface area contributed by atoms with Crippen LogP contribution in [0.5, 0.6) is 0 Å². The normalized spacial score (nSPS) is 48.1. The molecular formula is C31H46O8. The molecule has 0 radical (unpaired) electrons. The van der Waals surface area contributed by atoms with Crippen molar-refractivity contribution in [3.05, 3.63) is 0 Å². The van der Waals surface area contributed by atoms with Crippen molar-refractivity contribution in [2.75, 3.05) is 0 Å². The number of rotatable bonds is 3. The van der Waals surface area contributed by atoms with E-state index < -0.39 is 53.8 Å². The molecule has 0 aromatic heterocycles. The van der Waals surface area contributed by atoms with E-state index in [9.17, 15) is 19.2 Å². The van der Waals surface area contributed by atoms with Gasteiger partial charge in [0.05, 0.1) is 17.4 Å². The van der Waals surface area contributed by atoms with E-state index in [2.05, 4.69) is 27.7 Å². The zero-order chi connectivity index (χ0) is 28.7. The molecule has 218 valence electrons. The number of esters is 3. The molecule has 4 aliphatic carbocycles. The van der Waals surface area contributed by atoms with Gasteiger partial charge in [0.15, 0.2) is 11.9 Å². The van der Waals surface area contributed by atoms with E-state index in [1.165, 1.54) is 33.6 Å². The van der Waals surface area contributed by atoms with E-state index >= 15 is 0 Å². The molecule has 0 aromatic carbocycles. The molecule has 5 rings (SSSR count). The summed E-state index contributed by atoms with van der Waals surface area (Å²) in [6, 6.07) is 0. The smallest absolute Gasteiger partial charge is 0.305 e. The van der Waals surface area contributed by atoms with E-state index in [1.807, 2.05) is 6.92 Å². The molecule has 39 heavy (non-hydrogen) atoms. The number of ether oxygens (including phenoxy) is 4. The number of hydrogen-bond acceptors (Lipinski definition) is 8. The van der Waals surface area contributed by atoms with Crippen LogP contribution in [0.25, 0.3) is 0 Å². The third-order valence-corrected chi connectivity index (χ3v) is 12.0. The van der Waals surface area contributed by atoms with Gasteiger partial charge in [0, 0.05) is 20.8 Å². The Bertz CT molecular complexity index is 1070. The number of Topliss-reactive ketones (excluding diaryl/α,β-unsaturated/α-hetero) is 1. The molecule has 1 aliphatic heterocycles. The maximum absolute atomic E-state index is 14.7. The number of fused-ring (bicyclic) bond motifs is 6. The maximum atomic E-state index is 14.7. The topological polar surface area (TPSA) is 105 Å². The van der Waals surface area contributed by atoms with Crippen molar-refractivity contribution >= 4 is 23.7 Å². The predicted molar refractivity (Wildman–Crippen MR) is 141 cm³/mol. The molecule has 0 N–H and O–H groups in total. The molecule has 0 unspecified atom stereocenters. The lowest BCUT2D eigenvalue weighted by molar-refractivity contribution is -0.242. The Morgan fingerprint density at radius 3 is 2.00 bits per heavy atom. The van der Waals surface area contributed by atoms with Gasteiger partial charge in [-0.05, 0) is 79.4 Å². The van der Waals surface area contributed by atoms with Crippen LogP contribution in [-0.2, 0) is 38.1 Å². The molecule has 0 aromatic rings. The molecule has 0 bridgehead atoms. The summed E-state index contributed by atoms with van der Waals surface area (Å²) in [6.07, 6.45) is 3.52. The van der Waals surface area contributed by atoms with Crippen molar-refractivity contribution in [3.63, 3.8) is 0 Å². The highest BCUT2D eigenvalue weighted by Crippen LogP contribution is 2.73. The number of carbonyl (C=O) groups excluding carboxylic acids is 4. The van der Waals surface area contributed by atoms with Crippen LogP contribution in [0.2, 0.25) is 0 Å². The average Bonchev–Trinajstić information content (AvgIpc) is 3.11. The summed E-state index contributed by atoms with van der Waals surface area (Å²) in [5.41, 5.74) is -0.823. The van der Waals surface area contributed by atoms with Crippen LogP contribution in [0.4, 0.5) is 0 Å². The predicted octanol–water partition coefficient (Wildman–Crippen LogP) is 5.00. The fourth-order valence-corrected chi connectivity index (χ4v) is 10.6. The van der Waals surface area contributed by atoms with Crippen molar-refractivity contribution in [1.82, 2.24) is 0 Å². The molecule has 5 aliphatic rings. The lowest BCUT2D eigenvalue weighted by Crippen LogP contribution is -2.69. The van der Waals surface area contributed by atoms with Gasteiger partial charge < -0.3 is 18.9 Å². The first-order valence-electron chi connectivity index (χ1n) is 14.8. The zero-order valence-corrected chi connectivity index (χ0v) is 24.8. The Morgan fingerprint density at radius 2 is 1.38 bits per heavy atom. The zero-order valence-electron chi connectivity index (χ0n) is 24.8. The van der Waals surface area contributed by atoms with E-state index in [-0.39, 0.29) is 33.9 Å². The Kier molecular flexibility index (Phi) is 6.80. The second-order valence-corrected chi connectivity index (χ2v) is 14.5. The fourth-order valence-electron chi connectivity index (χ4n) is 10.6. The molecule has 4 saturated carbocycles. The molecule has 5 fully saturated rings. The van der Waals surface area contributed by atoms with E-state index in [1.54, 1.807) is 0 Å². The Hall–Kier alpha value is -1.96. The first-order chi connectivity index (χ1) is 18.1. The number of hydrogen-bond donors (Lipinski definition) is 0. The minimum absolute atomic E-state index is 0.0749. The van der Waals surface area contributed by atoms with Gasteiger partial charge in [-0.1, -0.05) is 34.1 Å². The van der Waals surface area contributed by atoms with Crippen LogP contribution in [-0.4, -0.2) is 48.3 Å². The van der Waals surface area contributed by atoms with Crippen molar-refractivity contribution in [2.24, 2.45) is 45.3 Å². The minimum Gasteiger partial charge on any atom is -0.461 e. The summed E-state index contributed by atoms with van der Waals surface area (Å²) >= 11 is 0. The molecule has 0 spiro atoms. The van der Waals surface area contributed by atoms with Crippen molar-refractivity contribution < 1.29 is 38.1 Å². The van der Waals surface area contributed by atoms with Crippen molar-refractivity contribution in [2.45, 2.75) is 125 Å². The summed E-state index contributed by atoms with van der Waals surface area (Å²) in [4.78, 5) is 51.1. The van der Waals surface area contributed by atoms with Crippen LogP contribution in [0.1, 0.15) is 100 Å². The van der Waals surface area contributed by atoms with Crippen LogP contribution >= 0.6 is 0 Å². The molecule has 1 heterocycles. The molecule has 8 nitrogen and oxygen atoms in total. The van der Waals surface area contributed by atoms with Crippen LogP contribution < -0.4 is 0 Å². The summed E-state index contributed by atoms with van der Waals surface area (Å²) in [5.74, 6) is -1.69. The summed E-state index contributed by atoms with van der Waals surface area (Å²) < 4.78 is 23.3. The monoisotopic (exact) mass is 546 g/mol. The maximum Gasteiger partial charge on any atom is 0.305 e. The highest BCUT2D eigenvalue weighted by atomic mass is 16.7. The Morgan fingerprint density at radius 1 is 0.769 bits per heavy atom. The summed E-state index contributed by atoms with van der Waals surface area (Å²) in [5, 5.41) is 0. The summed E-state index contributed by atoms with van der Waals surface area (Å²) in [7, 11) is 0. The minimum atomic E-state index is -1.14. The highest BCUT2D eigenvalue weighted by molar-refractivity contribution is 5.91. The second kappa shape index (κ2) is 9.28. The van der Waals surface area contributed by atoms with Gasteiger partial charge in [-0.3, -0.25) is 19.2 Å². The first-order valence-corrected chi connectivity index (χ1v) is 14.8. The van der Waals surface area contributed by atoms with E-state index in [4.69, 9.17) is 18.9 Å². The first kappa shape index (κ1) is 28.6. The lowest BCUT2D eigenvalue weighted by atomic mass is 9.35. The second-order valence-electron chi connectivity index (χ2n) is 14.5. The van der Waals surface area contributed by atoms with Crippen molar-refractivity contribution in [1.29, 1.82) is 0 Å². The van der Waals surface area contributed by atoms with Crippen LogP contribution in [0.3, 0.4) is 0 Å². The summed E-state index contributed by atoms with van der Waals surface area (Å²) in [6.45, 7) is 15.5. The lowest BCUT2D eigenvalue weighted by Gasteiger charge is -2.70. The third-order valence-electron chi connectivity index (χ3n) is 12.0. The van der Waals surface area contributed by atoms with Gasteiger partial charge in [-0.15, -0.1) is 0 Å². The Balaban J connectivity index is 1.59. The van der Waals surface area contributed by atoms with E-state index in [0.717, 1.165) is 19.3 Å². The number of carbonyl (C=O) groups is 4. The van der Waals surface area contributed by atoms with Gasteiger partial charge in [0.2, 0.25) is 6.29 Å². The van der Waals surface area contributed by atoms with Crippen LogP contribution in [0, 0.1) is 45.3 Å². The fraction of sp³-hybridized carbons (Fsp3) is 0.871. The van der Waals surface area contributed by atoms with Gasteiger partial charge in [0.25, 0.3) is 0 Å². The average molecular weight is 547 g/mol. The van der Waals surface area contributed by atoms with Gasteiger partial charge in [-0.25, -0.2) is 0 Å². The SMILES string of the molecule is CC(=O)O[C@@H]1O[C@H]2C[C@H]3[C@]4(C)CC[C@H]5C(C)(C)CCC[C@]5(C)[C@H]4C[C@H](OC(C)=O)[C@]3(C)C(=O)[C@H]2[C@H]1OC(C)=O. The standard InChI is InChI=1S/C31H46O8/c1-16(32)36-23-15-21-29(6)12-9-11-28(4,5)20(29)10-13-30(21,7)22-14-19-24(26(35)31(22,23)8)25(37-17(2)33)27(39-19)38-18(3)34/h19-25,27H,9-15H2,1-8H3/t19-,20-,21+,22-,23-,24+,25+,27+,29-,30+,31+/m0/s1. The molecule has 11 atom stereocenters. The molecular weight excluding hydrogens is 500 g/mol. The van der Waals surface area contributed by atoms with Gasteiger partial charge in [0.1, 0.15) is 6.10 Å². The molecule has 0 amide bonds. The van der Waals surface area contributed by atoms with Crippen LogP contribution in [0.15, 0.2) is 0 Å². The largest absolute Gasteiger partial charge is 0.461 e. The van der Waals surface area contributed by atoms with Crippen molar-refractivity contribution in [3.8, 4) is 0 Å². The Labute approximate surface area is 232 Å². The van der Waals surface area contributed by atoms with Gasteiger partial charge in [-0.2, -0.15) is 0 Å². The quantitative estimate of drug-likeness (QED) is 0.360. The highest BCUT2D eigenvalue weighted by Gasteiger charge is 2.73. The molecule has 8 heteroatoms. The molecule has 1 saturated heterocycles. The van der Waals surface area contributed by atoms with E-state index in [0.29, 0.717) is 18.8 Å². The van der Waals surface area contributed by atoms with Gasteiger partial charge >= 0.3 is 17.9 Å². The third kappa shape index (κ3) is 4.17. The number of ketones is 1.